The fourth-order valence-electron chi connectivity index (χ4n) is 7.56. The van der Waals surface area contributed by atoms with E-state index in [1.165, 1.54) is 135 Å². The van der Waals surface area contributed by atoms with Crippen LogP contribution in [0, 0.1) is 0 Å². The highest BCUT2D eigenvalue weighted by atomic mass is 16.6. The molecule has 0 bridgehead atoms. The van der Waals surface area contributed by atoms with Crippen LogP contribution >= 0.6 is 0 Å². The summed E-state index contributed by atoms with van der Waals surface area (Å²) in [5.41, 5.74) is 0. The van der Waals surface area contributed by atoms with Crippen LogP contribution in [0.1, 0.15) is 265 Å². The van der Waals surface area contributed by atoms with Crippen molar-refractivity contribution in [1.29, 1.82) is 0 Å². The lowest BCUT2D eigenvalue weighted by atomic mass is 10.0. The van der Waals surface area contributed by atoms with Gasteiger partial charge < -0.3 is 14.2 Å². The van der Waals surface area contributed by atoms with Gasteiger partial charge in [0.15, 0.2) is 6.10 Å². The SMILES string of the molecule is CC/C=C\C/C=C\C/C=C\C/C=C\CCCCCCC(=O)O[C@H](COCCCCCCCCCCCCCCCCCC)COC(=O)CCCCCCC/C=C\CCCCCC. The molecule has 0 unspecified atom stereocenters. The van der Waals surface area contributed by atoms with Crippen molar-refractivity contribution >= 4 is 11.9 Å². The molecule has 0 rings (SSSR count). The van der Waals surface area contributed by atoms with E-state index in [9.17, 15) is 9.59 Å². The van der Waals surface area contributed by atoms with Crippen molar-refractivity contribution in [2.24, 2.45) is 0 Å². The molecule has 0 amide bonds. The predicted molar refractivity (Wildman–Crippen MR) is 270 cm³/mol. The zero-order valence-electron chi connectivity index (χ0n) is 41.4. The summed E-state index contributed by atoms with van der Waals surface area (Å²) in [5.74, 6) is -0.425. The van der Waals surface area contributed by atoms with Crippen molar-refractivity contribution in [3.05, 3.63) is 60.8 Å². The molecule has 0 aliphatic rings. The lowest BCUT2D eigenvalue weighted by Gasteiger charge is -2.18. The Morgan fingerprint density at radius 3 is 1.19 bits per heavy atom. The van der Waals surface area contributed by atoms with E-state index in [4.69, 9.17) is 14.2 Å². The van der Waals surface area contributed by atoms with E-state index in [0.717, 1.165) is 96.3 Å². The standard InChI is InChI=1S/C57H102O5/c1-4-7-10-13-16-19-22-25-27-29-30-33-36-39-42-45-48-51-57(59)62-55(54-61-56(58)50-47-44-41-38-35-32-24-21-18-15-12-9-6-3)53-60-52-49-46-43-40-37-34-31-28-26-23-20-17-14-11-8-5-2/h7,10,16,19,21,24-25,27,30,33,55H,4-6,8-9,11-15,17-18,20,22-23,26,28-29,31-32,34-54H2,1-3H3/b10-7-,19-16-,24-21-,27-25-,33-30-/t55-/m1/s1. The summed E-state index contributed by atoms with van der Waals surface area (Å²) in [7, 11) is 0. The van der Waals surface area contributed by atoms with Crippen molar-refractivity contribution in [3.8, 4) is 0 Å². The van der Waals surface area contributed by atoms with Gasteiger partial charge in [0.05, 0.1) is 6.61 Å². The third-order valence-corrected chi connectivity index (χ3v) is 11.5. The van der Waals surface area contributed by atoms with E-state index in [-0.39, 0.29) is 25.2 Å². The van der Waals surface area contributed by atoms with Gasteiger partial charge in [-0.05, 0) is 83.5 Å². The van der Waals surface area contributed by atoms with Gasteiger partial charge in [0.2, 0.25) is 0 Å². The highest BCUT2D eigenvalue weighted by Crippen LogP contribution is 2.15. The van der Waals surface area contributed by atoms with Crippen LogP contribution in [0.4, 0.5) is 0 Å². The van der Waals surface area contributed by atoms with Crippen LogP contribution in [0.3, 0.4) is 0 Å². The summed E-state index contributed by atoms with van der Waals surface area (Å²) in [6, 6.07) is 0. The second-order valence-corrected chi connectivity index (χ2v) is 17.8. The Morgan fingerprint density at radius 1 is 0.371 bits per heavy atom. The first kappa shape index (κ1) is 59.6. The molecule has 0 aliphatic carbocycles. The summed E-state index contributed by atoms with van der Waals surface area (Å²) in [6.07, 6.45) is 66.6. The number of hydrogen-bond donors (Lipinski definition) is 0. The van der Waals surface area contributed by atoms with Crippen LogP contribution in [-0.2, 0) is 23.8 Å². The number of allylic oxidation sites excluding steroid dienone is 10. The van der Waals surface area contributed by atoms with Crippen LogP contribution in [0.5, 0.6) is 0 Å². The summed E-state index contributed by atoms with van der Waals surface area (Å²) >= 11 is 0. The predicted octanol–water partition coefficient (Wildman–Crippen LogP) is 18.1. The highest BCUT2D eigenvalue weighted by Gasteiger charge is 2.17. The molecular formula is C57H102O5. The second-order valence-electron chi connectivity index (χ2n) is 17.8. The number of esters is 2. The molecule has 0 aromatic heterocycles. The summed E-state index contributed by atoms with van der Waals surface area (Å²) in [4.78, 5) is 25.4. The summed E-state index contributed by atoms with van der Waals surface area (Å²) in [5, 5.41) is 0. The average Bonchev–Trinajstić information content (AvgIpc) is 3.27. The minimum absolute atomic E-state index is 0.0726. The van der Waals surface area contributed by atoms with E-state index in [0.29, 0.717) is 19.4 Å². The van der Waals surface area contributed by atoms with Gasteiger partial charge in [0, 0.05) is 19.4 Å². The molecular weight excluding hydrogens is 765 g/mol. The maximum atomic E-state index is 12.8. The van der Waals surface area contributed by atoms with Gasteiger partial charge in [0.25, 0.3) is 0 Å². The smallest absolute Gasteiger partial charge is 0.306 e. The van der Waals surface area contributed by atoms with Gasteiger partial charge in [-0.25, -0.2) is 0 Å². The number of carbonyl (C=O) groups is 2. The molecule has 0 saturated heterocycles. The quantitative estimate of drug-likeness (QED) is 0.0346. The van der Waals surface area contributed by atoms with Gasteiger partial charge in [-0.1, -0.05) is 229 Å². The Labute approximate surface area is 385 Å². The Hall–Kier alpha value is -2.40. The number of carbonyl (C=O) groups excluding carboxylic acids is 2. The van der Waals surface area contributed by atoms with E-state index in [1.807, 2.05) is 0 Å². The maximum absolute atomic E-state index is 12.8. The largest absolute Gasteiger partial charge is 0.462 e. The molecule has 1 atom stereocenters. The minimum Gasteiger partial charge on any atom is -0.462 e. The molecule has 0 radical (unpaired) electrons. The zero-order chi connectivity index (χ0) is 44.9. The van der Waals surface area contributed by atoms with Crippen molar-refractivity contribution in [2.75, 3.05) is 19.8 Å². The van der Waals surface area contributed by atoms with Crippen LogP contribution < -0.4 is 0 Å². The van der Waals surface area contributed by atoms with Gasteiger partial charge in [-0.2, -0.15) is 0 Å². The lowest BCUT2D eigenvalue weighted by Crippen LogP contribution is -2.30. The number of ether oxygens (including phenoxy) is 3. The first-order valence-corrected chi connectivity index (χ1v) is 26.8. The van der Waals surface area contributed by atoms with Crippen LogP contribution in [-0.4, -0.2) is 37.9 Å². The Kier molecular flexibility index (Phi) is 50.9. The van der Waals surface area contributed by atoms with Gasteiger partial charge in [-0.15, -0.1) is 0 Å². The van der Waals surface area contributed by atoms with E-state index in [1.54, 1.807) is 0 Å². The molecule has 0 N–H and O–H groups in total. The van der Waals surface area contributed by atoms with Crippen molar-refractivity contribution in [3.63, 3.8) is 0 Å². The Balaban J connectivity index is 4.31. The van der Waals surface area contributed by atoms with Gasteiger partial charge >= 0.3 is 11.9 Å². The normalized spacial score (nSPS) is 12.6. The first-order valence-electron chi connectivity index (χ1n) is 26.8. The van der Waals surface area contributed by atoms with Crippen molar-refractivity contribution in [1.82, 2.24) is 0 Å². The molecule has 62 heavy (non-hydrogen) atoms. The van der Waals surface area contributed by atoms with Crippen molar-refractivity contribution < 1.29 is 23.8 Å². The van der Waals surface area contributed by atoms with Crippen LogP contribution in [0.15, 0.2) is 60.8 Å². The van der Waals surface area contributed by atoms with Gasteiger partial charge in [0.1, 0.15) is 6.61 Å². The highest BCUT2D eigenvalue weighted by molar-refractivity contribution is 5.70. The van der Waals surface area contributed by atoms with Crippen LogP contribution in [0.2, 0.25) is 0 Å². The molecule has 5 nitrogen and oxygen atoms in total. The molecule has 5 heteroatoms. The molecule has 0 spiro atoms. The Bertz CT molecular complexity index is 1070. The monoisotopic (exact) mass is 867 g/mol. The molecule has 0 saturated carbocycles. The molecule has 0 fully saturated rings. The van der Waals surface area contributed by atoms with Crippen LogP contribution in [0.25, 0.3) is 0 Å². The lowest BCUT2D eigenvalue weighted by molar-refractivity contribution is -0.163. The zero-order valence-corrected chi connectivity index (χ0v) is 41.4. The molecule has 0 aromatic rings. The third-order valence-electron chi connectivity index (χ3n) is 11.5. The van der Waals surface area contributed by atoms with E-state index >= 15 is 0 Å². The average molecular weight is 867 g/mol. The van der Waals surface area contributed by atoms with E-state index < -0.39 is 6.10 Å². The molecule has 0 aliphatic heterocycles. The maximum Gasteiger partial charge on any atom is 0.306 e. The van der Waals surface area contributed by atoms with Crippen molar-refractivity contribution in [2.45, 2.75) is 271 Å². The Morgan fingerprint density at radius 2 is 0.726 bits per heavy atom. The third kappa shape index (κ3) is 50.2. The molecule has 360 valence electrons. The fourth-order valence-corrected chi connectivity index (χ4v) is 7.56. The molecule has 0 heterocycles. The number of unbranched alkanes of at least 4 members (excludes halogenated alkanes) is 28. The number of hydrogen-bond acceptors (Lipinski definition) is 5. The topological polar surface area (TPSA) is 61.8 Å². The van der Waals surface area contributed by atoms with E-state index in [2.05, 4.69) is 81.5 Å². The number of rotatable bonds is 49. The van der Waals surface area contributed by atoms with Gasteiger partial charge in [-0.3, -0.25) is 9.59 Å². The summed E-state index contributed by atoms with van der Waals surface area (Å²) in [6.45, 7) is 7.70. The fraction of sp³-hybridized carbons (Fsp3) is 0.789. The summed E-state index contributed by atoms with van der Waals surface area (Å²) < 4.78 is 17.4. The molecule has 0 aromatic carbocycles. The second kappa shape index (κ2) is 52.9. The minimum atomic E-state index is -0.551. The first-order chi connectivity index (χ1) is 30.6.